The van der Waals surface area contributed by atoms with E-state index in [0.717, 1.165) is 11.3 Å². The zero-order valence-corrected chi connectivity index (χ0v) is 18.4. The maximum Gasteiger partial charge on any atom is 0.269 e. The molecule has 0 saturated carbocycles. The monoisotopic (exact) mass is 460 g/mol. The van der Waals surface area contributed by atoms with Gasteiger partial charge in [0.2, 0.25) is 15.2 Å². The highest BCUT2D eigenvalue weighted by Gasteiger charge is 2.36. The Morgan fingerprint density at radius 2 is 1.97 bits per heavy atom. The average Bonchev–Trinajstić information content (AvgIpc) is 3.26. The van der Waals surface area contributed by atoms with Gasteiger partial charge >= 0.3 is 0 Å². The van der Waals surface area contributed by atoms with Crippen molar-refractivity contribution in [2.45, 2.75) is 13.0 Å². The highest BCUT2D eigenvalue weighted by atomic mass is 32.2. The molecule has 3 aromatic rings. The Morgan fingerprint density at radius 1 is 1.23 bits per heavy atom. The summed E-state index contributed by atoms with van der Waals surface area (Å²) in [6.45, 7) is 1.44. The van der Waals surface area contributed by atoms with E-state index in [0.29, 0.717) is 21.6 Å². The van der Waals surface area contributed by atoms with E-state index in [9.17, 15) is 13.2 Å². The summed E-state index contributed by atoms with van der Waals surface area (Å²) in [6.07, 6.45) is -1.02. The molecule has 1 N–H and O–H groups in total. The third-order valence-electron chi connectivity index (χ3n) is 4.72. The van der Waals surface area contributed by atoms with Gasteiger partial charge in [-0.1, -0.05) is 23.5 Å². The van der Waals surface area contributed by atoms with Crippen LogP contribution in [0.2, 0.25) is 0 Å². The predicted octanol–water partition coefficient (Wildman–Crippen LogP) is 2.77. The predicted molar refractivity (Wildman–Crippen MR) is 118 cm³/mol. The highest BCUT2D eigenvalue weighted by Crippen LogP contribution is 2.35. The molecule has 31 heavy (non-hydrogen) atoms. The maximum atomic E-state index is 12.8. The minimum Gasteiger partial charge on any atom is -0.497 e. The fourth-order valence-corrected chi connectivity index (χ4v) is 4.94. The van der Waals surface area contributed by atoms with E-state index in [1.165, 1.54) is 15.6 Å². The van der Waals surface area contributed by atoms with Gasteiger partial charge in [-0.2, -0.15) is 0 Å². The molecule has 9 nitrogen and oxygen atoms in total. The van der Waals surface area contributed by atoms with Crippen LogP contribution in [0.5, 0.6) is 11.5 Å². The lowest BCUT2D eigenvalue weighted by Crippen LogP contribution is -2.49. The molecule has 0 unspecified atom stereocenters. The lowest BCUT2D eigenvalue weighted by atomic mass is 10.2. The number of hydrogen-bond acceptors (Lipinski definition) is 8. The van der Waals surface area contributed by atoms with Crippen molar-refractivity contribution in [1.29, 1.82) is 0 Å². The third kappa shape index (κ3) is 4.32. The van der Waals surface area contributed by atoms with Crippen LogP contribution in [-0.4, -0.2) is 50.0 Å². The number of nitrogens with zero attached hydrogens (tertiary/aromatic N) is 3. The highest BCUT2D eigenvalue weighted by molar-refractivity contribution is 7.92. The first-order chi connectivity index (χ1) is 14.9. The molecule has 1 amide bonds. The second-order valence-electron chi connectivity index (χ2n) is 6.64. The number of hydrogen-bond donors (Lipinski definition) is 1. The summed E-state index contributed by atoms with van der Waals surface area (Å²) in [6, 6.07) is 14.1. The van der Waals surface area contributed by atoms with Crippen LogP contribution in [0.25, 0.3) is 10.6 Å². The zero-order valence-electron chi connectivity index (χ0n) is 16.8. The second-order valence-corrected chi connectivity index (χ2v) is 9.80. The van der Waals surface area contributed by atoms with Gasteiger partial charge in [0.15, 0.2) is 6.10 Å². The van der Waals surface area contributed by atoms with Gasteiger partial charge < -0.3 is 9.47 Å². The molecule has 0 spiro atoms. The van der Waals surface area contributed by atoms with Gasteiger partial charge in [-0.05, 0) is 43.3 Å². The Balaban J connectivity index is 1.52. The topological polar surface area (TPSA) is 111 Å². The number of methoxy groups -OCH3 is 1. The van der Waals surface area contributed by atoms with Crippen molar-refractivity contribution >= 4 is 38.1 Å². The molecule has 1 aliphatic heterocycles. The summed E-state index contributed by atoms with van der Waals surface area (Å²) in [5.41, 5.74) is 1.26. The van der Waals surface area contributed by atoms with Crippen LogP contribution in [0, 0.1) is 0 Å². The van der Waals surface area contributed by atoms with Gasteiger partial charge in [0, 0.05) is 5.56 Å². The Bertz CT molecular complexity index is 1190. The summed E-state index contributed by atoms with van der Waals surface area (Å²) < 4.78 is 37.3. The quantitative estimate of drug-likeness (QED) is 0.602. The SMILES string of the molecule is CCS(=O)(=O)N1C[C@H](C(=O)Nc2nnc(-c3ccc(OC)cc3)s2)Oc2ccccc21. The zero-order chi connectivity index (χ0) is 22.0. The molecule has 0 radical (unpaired) electrons. The Hall–Kier alpha value is -3.18. The summed E-state index contributed by atoms with van der Waals surface area (Å²) in [5.74, 6) is 0.477. The van der Waals surface area contributed by atoms with E-state index >= 15 is 0 Å². The van der Waals surface area contributed by atoms with Gasteiger partial charge in [0.1, 0.15) is 16.5 Å². The fraction of sp³-hybridized carbons (Fsp3) is 0.250. The van der Waals surface area contributed by atoms with E-state index < -0.39 is 22.0 Å². The van der Waals surface area contributed by atoms with Crippen LogP contribution in [0.15, 0.2) is 48.5 Å². The van der Waals surface area contributed by atoms with Crippen molar-refractivity contribution in [3.63, 3.8) is 0 Å². The number of rotatable bonds is 6. The van der Waals surface area contributed by atoms with Crippen molar-refractivity contribution < 1.29 is 22.7 Å². The molecule has 1 atom stereocenters. The fourth-order valence-electron chi connectivity index (χ4n) is 3.07. The number of anilines is 2. The van der Waals surface area contributed by atoms with E-state index in [4.69, 9.17) is 9.47 Å². The minimum absolute atomic E-state index is 0.0860. The number of amides is 1. The Morgan fingerprint density at radius 3 is 2.68 bits per heavy atom. The molecule has 0 bridgehead atoms. The van der Waals surface area contributed by atoms with Crippen LogP contribution >= 0.6 is 11.3 Å². The summed E-state index contributed by atoms with van der Waals surface area (Å²) >= 11 is 1.21. The number of para-hydroxylation sites is 2. The largest absolute Gasteiger partial charge is 0.497 e. The molecule has 0 fully saturated rings. The second kappa shape index (κ2) is 8.52. The van der Waals surface area contributed by atoms with Crippen molar-refractivity contribution in [2.24, 2.45) is 0 Å². The standard InChI is InChI=1S/C20H20N4O5S2/c1-3-31(26,27)24-12-17(29-16-7-5-4-6-15(16)24)18(25)21-20-23-22-19(30-20)13-8-10-14(28-2)11-9-13/h4-11,17H,3,12H2,1-2H3,(H,21,23,25)/t17-/m1/s1. The number of carbonyl (C=O) groups excluding carboxylic acids is 1. The van der Waals surface area contributed by atoms with Gasteiger partial charge in [-0.25, -0.2) is 8.42 Å². The number of fused-ring (bicyclic) bond motifs is 1. The maximum absolute atomic E-state index is 12.8. The number of aromatic nitrogens is 2. The van der Waals surface area contributed by atoms with Gasteiger partial charge in [-0.15, -0.1) is 10.2 Å². The molecule has 0 saturated heterocycles. The number of nitrogens with one attached hydrogen (secondary N) is 1. The first-order valence-corrected chi connectivity index (χ1v) is 11.9. The van der Waals surface area contributed by atoms with Crippen LogP contribution in [0.4, 0.5) is 10.8 Å². The molecule has 4 rings (SSSR count). The Kier molecular flexibility index (Phi) is 5.79. The minimum atomic E-state index is -3.57. The first kappa shape index (κ1) is 21.1. The summed E-state index contributed by atoms with van der Waals surface area (Å²) in [4.78, 5) is 12.8. The van der Waals surface area contributed by atoms with E-state index in [1.54, 1.807) is 38.3 Å². The van der Waals surface area contributed by atoms with E-state index in [-0.39, 0.29) is 12.3 Å². The number of sulfonamides is 1. The first-order valence-electron chi connectivity index (χ1n) is 9.46. The van der Waals surface area contributed by atoms with Crippen LogP contribution in [0.1, 0.15) is 6.92 Å². The van der Waals surface area contributed by atoms with Gasteiger partial charge in [0.05, 0.1) is 25.1 Å². The number of ether oxygens (including phenoxy) is 2. The van der Waals surface area contributed by atoms with Crippen LogP contribution in [0.3, 0.4) is 0 Å². The van der Waals surface area contributed by atoms with Crippen LogP contribution in [-0.2, 0) is 14.8 Å². The molecule has 1 aromatic heterocycles. The number of benzene rings is 2. The smallest absolute Gasteiger partial charge is 0.269 e. The molecule has 2 aromatic carbocycles. The molecular weight excluding hydrogens is 440 g/mol. The molecule has 162 valence electrons. The van der Waals surface area contributed by atoms with Crippen molar-refractivity contribution in [1.82, 2.24) is 10.2 Å². The van der Waals surface area contributed by atoms with Crippen LogP contribution < -0.4 is 19.1 Å². The van der Waals surface area contributed by atoms with E-state index in [1.807, 2.05) is 24.3 Å². The van der Waals surface area contributed by atoms with Crippen molar-refractivity contribution in [3.05, 3.63) is 48.5 Å². The summed E-state index contributed by atoms with van der Waals surface area (Å²) in [7, 11) is -1.98. The molecule has 1 aliphatic rings. The molecule has 11 heteroatoms. The molecular formula is C20H20N4O5S2. The summed E-state index contributed by atoms with van der Waals surface area (Å²) in [5, 5.41) is 11.7. The lowest BCUT2D eigenvalue weighted by molar-refractivity contribution is -0.122. The normalized spacial score (nSPS) is 15.7. The Labute approximate surface area is 183 Å². The third-order valence-corrected chi connectivity index (χ3v) is 7.35. The van der Waals surface area contributed by atoms with Gasteiger partial charge in [0.25, 0.3) is 5.91 Å². The van der Waals surface area contributed by atoms with Gasteiger partial charge in [-0.3, -0.25) is 14.4 Å². The average molecular weight is 461 g/mol. The molecule has 2 heterocycles. The van der Waals surface area contributed by atoms with E-state index in [2.05, 4.69) is 15.5 Å². The molecule has 0 aliphatic carbocycles. The van der Waals surface area contributed by atoms with Crippen molar-refractivity contribution in [2.75, 3.05) is 29.0 Å². The number of carbonyl (C=O) groups is 1. The lowest BCUT2D eigenvalue weighted by Gasteiger charge is -2.34. The van der Waals surface area contributed by atoms with Crippen molar-refractivity contribution in [3.8, 4) is 22.1 Å².